The summed E-state index contributed by atoms with van der Waals surface area (Å²) in [6, 6.07) is 17.7. The number of hydrogen-bond donors (Lipinski definition) is 1. The van der Waals surface area contributed by atoms with Crippen molar-refractivity contribution in [3.8, 4) is 0 Å². The van der Waals surface area contributed by atoms with Crippen LogP contribution in [0.15, 0.2) is 48.5 Å². The van der Waals surface area contributed by atoms with Crippen LogP contribution in [0.25, 0.3) is 21.5 Å². The lowest BCUT2D eigenvalue weighted by Gasteiger charge is -2.28. The Labute approximate surface area is 99.9 Å². The van der Waals surface area contributed by atoms with E-state index >= 15 is 0 Å². The van der Waals surface area contributed by atoms with Crippen molar-refractivity contribution in [1.82, 2.24) is 0 Å². The van der Waals surface area contributed by atoms with Crippen molar-refractivity contribution in [3.63, 3.8) is 0 Å². The second-order valence-electron chi connectivity index (χ2n) is 4.87. The molecule has 4 rings (SSSR count). The smallest absolute Gasteiger partial charge is 0.0344 e. The number of nitrogens with two attached hydrogens (primary N) is 1. The largest absolute Gasteiger partial charge is 0.324 e. The third-order valence-corrected chi connectivity index (χ3v) is 3.83. The van der Waals surface area contributed by atoms with Crippen molar-refractivity contribution in [1.29, 1.82) is 0 Å². The lowest BCUT2D eigenvalue weighted by atomic mass is 9.80. The summed E-state index contributed by atoms with van der Waals surface area (Å²) >= 11 is 0. The molecule has 1 aliphatic rings. The summed E-state index contributed by atoms with van der Waals surface area (Å²) in [4.78, 5) is 0. The van der Waals surface area contributed by atoms with Gasteiger partial charge in [0.05, 0.1) is 0 Å². The minimum atomic E-state index is 0.231. The van der Waals surface area contributed by atoms with Crippen LogP contribution in [0.2, 0.25) is 0 Å². The first-order chi connectivity index (χ1) is 8.33. The number of hydrogen-bond acceptors (Lipinski definition) is 1. The number of rotatable bonds is 0. The van der Waals surface area contributed by atoms with Gasteiger partial charge >= 0.3 is 0 Å². The molecule has 0 saturated heterocycles. The molecular weight excluding hydrogens is 206 g/mol. The molecule has 0 heterocycles. The van der Waals surface area contributed by atoms with Gasteiger partial charge in [-0.05, 0) is 51.2 Å². The van der Waals surface area contributed by atoms with E-state index in [4.69, 9.17) is 5.73 Å². The molecule has 2 N–H and O–H groups in total. The van der Waals surface area contributed by atoms with Crippen molar-refractivity contribution < 1.29 is 0 Å². The van der Waals surface area contributed by atoms with Gasteiger partial charge in [0.15, 0.2) is 0 Å². The van der Waals surface area contributed by atoms with Crippen LogP contribution in [-0.2, 0) is 6.42 Å². The van der Waals surface area contributed by atoms with E-state index in [1.165, 1.54) is 32.7 Å². The van der Waals surface area contributed by atoms with E-state index in [0.29, 0.717) is 0 Å². The van der Waals surface area contributed by atoms with Gasteiger partial charge < -0.3 is 5.73 Å². The molecule has 82 valence electrons. The SMILES string of the molecule is NC1Cc2ccc3cc4ccccc4cc3c21. The molecule has 0 aromatic heterocycles. The fraction of sp³-hybridized carbons (Fsp3) is 0.125. The zero-order chi connectivity index (χ0) is 11.4. The standard InChI is InChI=1S/C16H13N/c17-15-9-13-6-5-12-7-10-3-1-2-4-11(10)8-14(12)16(13)15/h1-8,15H,9,17H2. The van der Waals surface area contributed by atoms with E-state index in [1.54, 1.807) is 0 Å². The van der Waals surface area contributed by atoms with E-state index < -0.39 is 0 Å². The van der Waals surface area contributed by atoms with Crippen LogP contribution >= 0.6 is 0 Å². The Hall–Kier alpha value is -1.86. The molecule has 3 aromatic carbocycles. The molecule has 0 radical (unpaired) electrons. The lowest BCUT2D eigenvalue weighted by molar-refractivity contribution is 0.644. The van der Waals surface area contributed by atoms with Gasteiger partial charge in [-0.1, -0.05) is 36.4 Å². The highest BCUT2D eigenvalue weighted by molar-refractivity contribution is 6.00. The Morgan fingerprint density at radius 2 is 1.65 bits per heavy atom. The maximum atomic E-state index is 6.10. The summed E-state index contributed by atoms with van der Waals surface area (Å²) in [6.07, 6.45) is 1.03. The predicted molar refractivity (Wildman–Crippen MR) is 72.1 cm³/mol. The summed E-state index contributed by atoms with van der Waals surface area (Å²) in [7, 11) is 0. The van der Waals surface area contributed by atoms with Crippen molar-refractivity contribution in [2.45, 2.75) is 12.5 Å². The molecule has 0 amide bonds. The Morgan fingerprint density at radius 1 is 0.882 bits per heavy atom. The molecule has 1 heteroatoms. The van der Waals surface area contributed by atoms with Crippen molar-refractivity contribution >= 4 is 21.5 Å². The van der Waals surface area contributed by atoms with Gasteiger partial charge in [-0.2, -0.15) is 0 Å². The monoisotopic (exact) mass is 219 g/mol. The fourth-order valence-electron chi connectivity index (χ4n) is 2.91. The van der Waals surface area contributed by atoms with Crippen LogP contribution in [0.1, 0.15) is 17.2 Å². The Morgan fingerprint density at radius 3 is 2.41 bits per heavy atom. The highest BCUT2D eigenvalue weighted by atomic mass is 14.7. The van der Waals surface area contributed by atoms with E-state index in [-0.39, 0.29) is 6.04 Å². The molecule has 3 aromatic rings. The van der Waals surface area contributed by atoms with E-state index in [0.717, 1.165) is 6.42 Å². The van der Waals surface area contributed by atoms with Gasteiger partial charge in [-0.3, -0.25) is 0 Å². The third kappa shape index (κ3) is 1.17. The van der Waals surface area contributed by atoms with Gasteiger partial charge in [-0.15, -0.1) is 0 Å². The van der Waals surface area contributed by atoms with Crippen LogP contribution < -0.4 is 5.73 Å². The second-order valence-corrected chi connectivity index (χ2v) is 4.87. The third-order valence-electron chi connectivity index (χ3n) is 3.83. The lowest BCUT2D eigenvalue weighted by Crippen LogP contribution is -2.24. The zero-order valence-electron chi connectivity index (χ0n) is 9.48. The molecule has 0 bridgehead atoms. The molecule has 0 fully saturated rings. The minimum absolute atomic E-state index is 0.231. The first-order valence-corrected chi connectivity index (χ1v) is 6.03. The predicted octanol–water partition coefficient (Wildman–Crippen LogP) is 3.55. The van der Waals surface area contributed by atoms with Gasteiger partial charge in [0.2, 0.25) is 0 Å². The molecule has 1 nitrogen and oxygen atoms in total. The molecule has 1 atom stereocenters. The summed E-state index contributed by atoms with van der Waals surface area (Å²) in [5.74, 6) is 0. The molecule has 1 aliphatic carbocycles. The molecular formula is C16H13N. The van der Waals surface area contributed by atoms with Crippen LogP contribution in [0, 0.1) is 0 Å². The van der Waals surface area contributed by atoms with Gasteiger partial charge in [0.1, 0.15) is 0 Å². The van der Waals surface area contributed by atoms with Crippen LogP contribution in [0.3, 0.4) is 0 Å². The number of fused-ring (bicyclic) bond motifs is 4. The van der Waals surface area contributed by atoms with Crippen LogP contribution in [0.5, 0.6) is 0 Å². The molecule has 1 unspecified atom stereocenters. The Kier molecular flexibility index (Phi) is 1.67. The van der Waals surface area contributed by atoms with E-state index in [9.17, 15) is 0 Å². The second kappa shape index (κ2) is 3.08. The van der Waals surface area contributed by atoms with E-state index in [2.05, 4.69) is 48.5 Å². The zero-order valence-corrected chi connectivity index (χ0v) is 9.48. The van der Waals surface area contributed by atoms with Gasteiger partial charge in [0.25, 0.3) is 0 Å². The van der Waals surface area contributed by atoms with Gasteiger partial charge in [0, 0.05) is 6.04 Å². The van der Waals surface area contributed by atoms with Crippen molar-refractivity contribution in [2.24, 2.45) is 5.73 Å². The summed E-state index contributed by atoms with van der Waals surface area (Å²) in [5, 5.41) is 5.23. The summed E-state index contributed by atoms with van der Waals surface area (Å²) in [5.41, 5.74) is 8.87. The minimum Gasteiger partial charge on any atom is -0.324 e. The summed E-state index contributed by atoms with van der Waals surface area (Å²) < 4.78 is 0. The first kappa shape index (κ1) is 9.20. The quantitative estimate of drug-likeness (QED) is 0.575. The first-order valence-electron chi connectivity index (χ1n) is 6.03. The summed E-state index contributed by atoms with van der Waals surface area (Å²) in [6.45, 7) is 0. The highest BCUT2D eigenvalue weighted by Crippen LogP contribution is 2.38. The maximum Gasteiger partial charge on any atom is 0.0344 e. The fourth-order valence-corrected chi connectivity index (χ4v) is 2.91. The average Bonchev–Trinajstić information content (AvgIpc) is 2.34. The Balaban J connectivity index is 2.18. The maximum absolute atomic E-state index is 6.10. The van der Waals surface area contributed by atoms with Crippen LogP contribution in [0.4, 0.5) is 0 Å². The molecule has 0 aliphatic heterocycles. The highest BCUT2D eigenvalue weighted by Gasteiger charge is 2.24. The normalized spacial score (nSPS) is 18.1. The molecule has 17 heavy (non-hydrogen) atoms. The topological polar surface area (TPSA) is 26.0 Å². The number of benzene rings is 3. The average molecular weight is 219 g/mol. The Bertz CT molecular complexity index is 743. The van der Waals surface area contributed by atoms with Crippen molar-refractivity contribution in [3.05, 3.63) is 59.7 Å². The van der Waals surface area contributed by atoms with Gasteiger partial charge in [-0.25, -0.2) is 0 Å². The van der Waals surface area contributed by atoms with E-state index in [1.807, 2.05) is 0 Å². The molecule has 0 spiro atoms. The molecule has 0 saturated carbocycles. The van der Waals surface area contributed by atoms with Crippen molar-refractivity contribution in [2.75, 3.05) is 0 Å². The van der Waals surface area contributed by atoms with Crippen LogP contribution in [-0.4, -0.2) is 0 Å².